The van der Waals surface area contributed by atoms with E-state index in [-0.39, 0.29) is 17.8 Å². The Kier molecular flexibility index (Phi) is 5.22. The summed E-state index contributed by atoms with van der Waals surface area (Å²) in [5.74, 6) is 0.502. The number of fused-ring (bicyclic) bond motifs is 3. The molecule has 6 nitrogen and oxygen atoms in total. The lowest BCUT2D eigenvalue weighted by molar-refractivity contribution is -0.0506. The highest BCUT2D eigenvalue weighted by atomic mass is 19.3. The van der Waals surface area contributed by atoms with Crippen LogP contribution >= 0.6 is 0 Å². The standard InChI is InChI=1S/C24H21F2N3O3/c1-30-19-11-17(16-5-3-4-6-18(16)32-24(25)26)23-22(19)28-20-9-7-15(13-29(20)23)14-8-10-21(31-2)27-12-14/h3-10,12-13,17,19,24H,11H2,1-2H3. The van der Waals surface area contributed by atoms with Crippen molar-refractivity contribution in [1.82, 2.24) is 14.4 Å². The molecule has 2 atom stereocenters. The van der Waals surface area contributed by atoms with E-state index in [2.05, 4.69) is 4.98 Å². The second-order valence-corrected chi connectivity index (χ2v) is 7.55. The van der Waals surface area contributed by atoms with Crippen LogP contribution in [0.4, 0.5) is 8.78 Å². The van der Waals surface area contributed by atoms with E-state index in [0.29, 0.717) is 17.9 Å². The molecule has 8 heteroatoms. The summed E-state index contributed by atoms with van der Waals surface area (Å²) >= 11 is 0. The number of halogens is 2. The van der Waals surface area contributed by atoms with Gasteiger partial charge in [0.1, 0.15) is 17.5 Å². The Morgan fingerprint density at radius 1 is 1.03 bits per heavy atom. The van der Waals surface area contributed by atoms with Crippen LogP contribution < -0.4 is 9.47 Å². The van der Waals surface area contributed by atoms with Crippen molar-refractivity contribution >= 4 is 5.65 Å². The number of aromatic nitrogens is 3. The van der Waals surface area contributed by atoms with Gasteiger partial charge in [-0.15, -0.1) is 0 Å². The first-order chi connectivity index (χ1) is 15.6. The molecular formula is C24H21F2N3O3. The molecule has 1 aromatic carbocycles. The van der Waals surface area contributed by atoms with E-state index in [1.54, 1.807) is 38.6 Å². The van der Waals surface area contributed by atoms with Gasteiger partial charge >= 0.3 is 6.61 Å². The molecule has 0 radical (unpaired) electrons. The lowest BCUT2D eigenvalue weighted by Gasteiger charge is -2.18. The van der Waals surface area contributed by atoms with Crippen molar-refractivity contribution in [3.63, 3.8) is 0 Å². The van der Waals surface area contributed by atoms with Crippen LogP contribution in [0.5, 0.6) is 11.6 Å². The van der Waals surface area contributed by atoms with Gasteiger partial charge in [-0.3, -0.25) is 0 Å². The molecule has 0 spiro atoms. The van der Waals surface area contributed by atoms with Crippen molar-refractivity contribution < 1.29 is 23.0 Å². The minimum Gasteiger partial charge on any atom is -0.481 e. The van der Waals surface area contributed by atoms with E-state index in [1.165, 1.54) is 0 Å². The average Bonchev–Trinajstić information content (AvgIpc) is 3.36. The van der Waals surface area contributed by atoms with E-state index in [0.717, 1.165) is 28.2 Å². The molecule has 32 heavy (non-hydrogen) atoms. The molecule has 1 aliphatic carbocycles. The van der Waals surface area contributed by atoms with Crippen LogP contribution in [0.1, 0.15) is 35.4 Å². The van der Waals surface area contributed by atoms with Gasteiger partial charge in [0.25, 0.3) is 0 Å². The maximum absolute atomic E-state index is 13.0. The summed E-state index contributed by atoms with van der Waals surface area (Å²) in [6.07, 6.45) is 4.10. The van der Waals surface area contributed by atoms with E-state index in [9.17, 15) is 8.78 Å². The Morgan fingerprint density at radius 2 is 1.84 bits per heavy atom. The third-order valence-corrected chi connectivity index (χ3v) is 5.84. The number of hydrogen-bond donors (Lipinski definition) is 0. The minimum atomic E-state index is -2.90. The number of rotatable bonds is 6. The molecule has 0 bridgehead atoms. The van der Waals surface area contributed by atoms with Crippen LogP contribution in [0.25, 0.3) is 16.8 Å². The summed E-state index contributed by atoms with van der Waals surface area (Å²) in [5.41, 5.74) is 5.06. The van der Waals surface area contributed by atoms with Crippen molar-refractivity contribution in [2.24, 2.45) is 0 Å². The fourth-order valence-electron chi connectivity index (χ4n) is 4.40. The first kappa shape index (κ1) is 20.4. The maximum atomic E-state index is 13.0. The molecule has 0 aliphatic heterocycles. The monoisotopic (exact) mass is 437 g/mol. The third kappa shape index (κ3) is 3.46. The minimum absolute atomic E-state index is 0.167. The lowest BCUT2D eigenvalue weighted by atomic mass is 9.95. The Morgan fingerprint density at radius 3 is 2.56 bits per heavy atom. The van der Waals surface area contributed by atoms with Crippen molar-refractivity contribution in [1.29, 1.82) is 0 Å². The summed E-state index contributed by atoms with van der Waals surface area (Å²) in [6, 6.07) is 14.6. The van der Waals surface area contributed by atoms with Gasteiger partial charge in [-0.25, -0.2) is 9.97 Å². The molecule has 0 saturated heterocycles. The van der Waals surface area contributed by atoms with Crippen LogP contribution in [0.15, 0.2) is 60.9 Å². The number of methoxy groups -OCH3 is 2. The molecule has 4 aromatic rings. The predicted octanol–water partition coefficient (Wildman–Crippen LogP) is 5.23. The summed E-state index contributed by atoms with van der Waals surface area (Å²) in [6.45, 7) is -2.90. The van der Waals surface area contributed by atoms with Gasteiger partial charge in [0.2, 0.25) is 5.88 Å². The quantitative estimate of drug-likeness (QED) is 0.414. The second kappa shape index (κ2) is 8.20. The molecule has 0 amide bonds. The Balaban J connectivity index is 1.64. The molecule has 164 valence electrons. The molecule has 0 fully saturated rings. The Labute approximate surface area is 183 Å². The molecule has 1 aliphatic rings. The zero-order valence-electron chi connectivity index (χ0n) is 17.5. The largest absolute Gasteiger partial charge is 0.481 e. The van der Waals surface area contributed by atoms with E-state index >= 15 is 0 Å². The fourth-order valence-corrected chi connectivity index (χ4v) is 4.40. The van der Waals surface area contributed by atoms with Gasteiger partial charge in [0.15, 0.2) is 0 Å². The number of nitrogens with zero attached hydrogens (tertiary/aromatic N) is 3. The molecule has 5 rings (SSSR count). The molecule has 0 N–H and O–H groups in total. The lowest BCUT2D eigenvalue weighted by Crippen LogP contribution is -2.08. The number of benzene rings is 1. The SMILES string of the molecule is COc1ccc(-c2ccc3nc4c(n3c2)C(c2ccccc2OC(F)F)CC4OC)cn1. The number of ether oxygens (including phenoxy) is 3. The van der Waals surface area contributed by atoms with Gasteiger partial charge < -0.3 is 18.6 Å². The number of alkyl halides is 2. The van der Waals surface area contributed by atoms with Crippen molar-refractivity contribution in [2.45, 2.75) is 25.1 Å². The summed E-state index contributed by atoms with van der Waals surface area (Å²) in [7, 11) is 3.21. The number of hydrogen-bond acceptors (Lipinski definition) is 5. The smallest absolute Gasteiger partial charge is 0.387 e. The van der Waals surface area contributed by atoms with Gasteiger partial charge in [-0.1, -0.05) is 18.2 Å². The molecule has 3 aromatic heterocycles. The Bertz CT molecular complexity index is 1260. The van der Waals surface area contributed by atoms with Crippen molar-refractivity contribution in [3.8, 4) is 22.8 Å². The average molecular weight is 437 g/mol. The number of pyridine rings is 2. The predicted molar refractivity (Wildman–Crippen MR) is 114 cm³/mol. The van der Waals surface area contributed by atoms with Gasteiger partial charge in [0, 0.05) is 48.2 Å². The fraction of sp³-hybridized carbons (Fsp3) is 0.250. The molecule has 0 saturated carbocycles. The summed E-state index contributed by atoms with van der Waals surface area (Å²) < 4.78 is 43.7. The topological polar surface area (TPSA) is 57.9 Å². The maximum Gasteiger partial charge on any atom is 0.387 e. The van der Waals surface area contributed by atoms with Crippen molar-refractivity contribution in [3.05, 3.63) is 77.9 Å². The van der Waals surface area contributed by atoms with Crippen molar-refractivity contribution in [2.75, 3.05) is 14.2 Å². The van der Waals surface area contributed by atoms with Crippen LogP contribution in [-0.4, -0.2) is 35.2 Å². The zero-order chi connectivity index (χ0) is 22.2. The number of para-hydroxylation sites is 1. The highest BCUT2D eigenvalue weighted by Gasteiger charge is 2.38. The molecular weight excluding hydrogens is 416 g/mol. The van der Waals surface area contributed by atoms with Gasteiger partial charge in [-0.2, -0.15) is 8.78 Å². The van der Waals surface area contributed by atoms with Crippen LogP contribution in [0.2, 0.25) is 0 Å². The van der Waals surface area contributed by atoms with E-state index in [1.807, 2.05) is 40.9 Å². The highest BCUT2D eigenvalue weighted by Crippen LogP contribution is 2.48. The van der Waals surface area contributed by atoms with E-state index < -0.39 is 6.61 Å². The molecule has 3 heterocycles. The third-order valence-electron chi connectivity index (χ3n) is 5.84. The van der Waals surface area contributed by atoms with Crippen LogP contribution in [0.3, 0.4) is 0 Å². The molecule has 2 unspecified atom stereocenters. The number of imidazole rings is 1. The van der Waals surface area contributed by atoms with E-state index in [4.69, 9.17) is 19.2 Å². The normalized spacial score (nSPS) is 17.7. The zero-order valence-corrected chi connectivity index (χ0v) is 17.5. The van der Waals surface area contributed by atoms with Crippen LogP contribution in [0, 0.1) is 0 Å². The first-order valence-electron chi connectivity index (χ1n) is 10.2. The van der Waals surface area contributed by atoms with Crippen LogP contribution in [-0.2, 0) is 4.74 Å². The van der Waals surface area contributed by atoms with Gasteiger partial charge in [0.05, 0.1) is 18.5 Å². The second-order valence-electron chi connectivity index (χ2n) is 7.55. The first-order valence-corrected chi connectivity index (χ1v) is 10.2. The summed E-state index contributed by atoms with van der Waals surface area (Å²) in [4.78, 5) is 9.07. The summed E-state index contributed by atoms with van der Waals surface area (Å²) in [5, 5.41) is 0. The highest BCUT2D eigenvalue weighted by molar-refractivity contribution is 5.65. The van der Waals surface area contributed by atoms with Gasteiger partial charge in [-0.05, 0) is 30.7 Å². The Hall–Kier alpha value is -3.52.